The average molecular weight is 250 g/mol. The molecule has 1 fully saturated rings. The van der Waals surface area contributed by atoms with Gasteiger partial charge in [-0.2, -0.15) is 0 Å². The maximum Gasteiger partial charge on any atom is 0.253 e. The van der Waals surface area contributed by atoms with Gasteiger partial charge in [-0.1, -0.05) is 13.0 Å². The first kappa shape index (κ1) is 13.0. The van der Waals surface area contributed by atoms with E-state index in [9.17, 15) is 9.18 Å². The second kappa shape index (κ2) is 4.69. The van der Waals surface area contributed by atoms with E-state index in [0.717, 1.165) is 6.42 Å². The van der Waals surface area contributed by atoms with Crippen molar-refractivity contribution in [3.63, 3.8) is 0 Å². The van der Waals surface area contributed by atoms with Crippen molar-refractivity contribution >= 4 is 5.91 Å². The molecule has 1 atom stereocenters. The van der Waals surface area contributed by atoms with Gasteiger partial charge in [-0.05, 0) is 43.0 Å². The number of hydrogen-bond donors (Lipinski definition) is 1. The van der Waals surface area contributed by atoms with Crippen molar-refractivity contribution in [1.82, 2.24) is 4.90 Å². The second-order valence-corrected chi connectivity index (χ2v) is 5.46. The fourth-order valence-electron chi connectivity index (χ4n) is 2.27. The van der Waals surface area contributed by atoms with Crippen molar-refractivity contribution in [2.24, 2.45) is 11.1 Å². The molecule has 0 radical (unpaired) electrons. The van der Waals surface area contributed by atoms with Crippen LogP contribution in [0.3, 0.4) is 0 Å². The molecule has 0 aliphatic carbocycles. The highest BCUT2D eigenvalue weighted by molar-refractivity contribution is 5.94. The van der Waals surface area contributed by atoms with Gasteiger partial charge in [-0.3, -0.25) is 4.79 Å². The van der Waals surface area contributed by atoms with Gasteiger partial charge < -0.3 is 10.6 Å². The molecule has 0 spiro atoms. The van der Waals surface area contributed by atoms with Crippen LogP contribution in [0.1, 0.15) is 29.3 Å². The first-order valence-electron chi connectivity index (χ1n) is 6.21. The molecule has 1 aromatic rings. The molecular weight excluding hydrogens is 231 g/mol. The molecule has 1 saturated heterocycles. The Balaban J connectivity index is 2.15. The molecule has 0 saturated carbocycles. The SMILES string of the molecule is Cc1ccc(C(=O)N2CCC(C)(CN)C2)cc1F. The van der Waals surface area contributed by atoms with E-state index in [-0.39, 0.29) is 17.1 Å². The van der Waals surface area contributed by atoms with Crippen LogP contribution in [0.4, 0.5) is 4.39 Å². The Morgan fingerprint density at radius 3 is 2.83 bits per heavy atom. The predicted octanol–water partition coefficient (Wildman–Crippen LogP) is 1.95. The molecule has 3 nitrogen and oxygen atoms in total. The lowest BCUT2D eigenvalue weighted by atomic mass is 9.90. The molecule has 1 heterocycles. The van der Waals surface area contributed by atoms with Gasteiger partial charge in [0.15, 0.2) is 0 Å². The molecule has 2 N–H and O–H groups in total. The largest absolute Gasteiger partial charge is 0.338 e. The number of halogens is 1. The van der Waals surface area contributed by atoms with Crippen molar-refractivity contribution in [2.75, 3.05) is 19.6 Å². The summed E-state index contributed by atoms with van der Waals surface area (Å²) < 4.78 is 13.5. The molecule has 1 unspecified atom stereocenters. The minimum atomic E-state index is -0.332. The zero-order valence-electron chi connectivity index (χ0n) is 10.9. The maximum atomic E-state index is 13.5. The van der Waals surface area contributed by atoms with Gasteiger partial charge in [0.2, 0.25) is 0 Å². The number of carbonyl (C=O) groups is 1. The van der Waals surface area contributed by atoms with E-state index in [0.29, 0.717) is 30.8 Å². The van der Waals surface area contributed by atoms with E-state index < -0.39 is 0 Å². The van der Waals surface area contributed by atoms with Crippen LogP contribution in [0.2, 0.25) is 0 Å². The second-order valence-electron chi connectivity index (χ2n) is 5.46. The average Bonchev–Trinajstić information content (AvgIpc) is 2.75. The summed E-state index contributed by atoms with van der Waals surface area (Å²) in [6.07, 6.45) is 0.906. The van der Waals surface area contributed by atoms with Crippen molar-refractivity contribution in [1.29, 1.82) is 0 Å². The van der Waals surface area contributed by atoms with Crippen LogP contribution in [-0.4, -0.2) is 30.4 Å². The van der Waals surface area contributed by atoms with Crippen molar-refractivity contribution in [3.05, 3.63) is 35.1 Å². The Morgan fingerprint density at radius 1 is 1.56 bits per heavy atom. The number of benzene rings is 1. The first-order valence-corrected chi connectivity index (χ1v) is 6.21. The van der Waals surface area contributed by atoms with E-state index >= 15 is 0 Å². The Labute approximate surface area is 107 Å². The summed E-state index contributed by atoms with van der Waals surface area (Å²) in [7, 11) is 0. The number of aryl methyl sites for hydroxylation is 1. The summed E-state index contributed by atoms with van der Waals surface area (Å²) in [5.41, 5.74) is 6.69. The molecule has 2 rings (SSSR count). The van der Waals surface area contributed by atoms with E-state index in [1.165, 1.54) is 6.07 Å². The predicted molar refractivity (Wildman–Crippen MR) is 68.8 cm³/mol. The number of nitrogens with zero attached hydrogens (tertiary/aromatic N) is 1. The van der Waals surface area contributed by atoms with Gasteiger partial charge in [0, 0.05) is 18.7 Å². The third-order valence-electron chi connectivity index (χ3n) is 3.76. The number of likely N-dealkylation sites (tertiary alicyclic amines) is 1. The molecule has 1 aliphatic heterocycles. The standard InChI is InChI=1S/C14H19FN2O/c1-10-3-4-11(7-12(10)15)13(18)17-6-5-14(2,8-16)9-17/h3-4,7H,5-6,8-9,16H2,1-2H3. The molecule has 4 heteroatoms. The number of amides is 1. The van der Waals surface area contributed by atoms with Crippen LogP contribution in [0.25, 0.3) is 0 Å². The highest BCUT2D eigenvalue weighted by atomic mass is 19.1. The first-order chi connectivity index (χ1) is 8.45. The van der Waals surface area contributed by atoms with Crippen LogP contribution in [0.15, 0.2) is 18.2 Å². The number of rotatable bonds is 2. The zero-order valence-corrected chi connectivity index (χ0v) is 10.9. The van der Waals surface area contributed by atoms with Crippen LogP contribution < -0.4 is 5.73 Å². The van der Waals surface area contributed by atoms with Crippen molar-refractivity contribution in [2.45, 2.75) is 20.3 Å². The van der Waals surface area contributed by atoms with Gasteiger partial charge in [0.1, 0.15) is 5.82 Å². The van der Waals surface area contributed by atoms with Gasteiger partial charge in [0.25, 0.3) is 5.91 Å². The van der Waals surface area contributed by atoms with Crippen molar-refractivity contribution in [3.8, 4) is 0 Å². The molecule has 1 aromatic carbocycles. The summed E-state index contributed by atoms with van der Waals surface area (Å²) in [5, 5.41) is 0. The molecule has 18 heavy (non-hydrogen) atoms. The van der Waals surface area contributed by atoms with E-state index in [1.807, 2.05) is 0 Å². The minimum absolute atomic E-state index is 0.00109. The molecule has 0 bridgehead atoms. The summed E-state index contributed by atoms with van der Waals surface area (Å²) >= 11 is 0. The zero-order chi connectivity index (χ0) is 13.3. The van der Waals surface area contributed by atoms with Crippen molar-refractivity contribution < 1.29 is 9.18 Å². The van der Waals surface area contributed by atoms with Gasteiger partial charge in [0.05, 0.1) is 0 Å². The van der Waals surface area contributed by atoms with Crippen LogP contribution in [-0.2, 0) is 0 Å². The van der Waals surface area contributed by atoms with Gasteiger partial charge in [-0.25, -0.2) is 4.39 Å². The number of carbonyl (C=O) groups excluding carboxylic acids is 1. The quantitative estimate of drug-likeness (QED) is 0.872. The molecule has 98 valence electrons. The lowest BCUT2D eigenvalue weighted by molar-refractivity contribution is 0.0776. The molecule has 1 amide bonds. The maximum absolute atomic E-state index is 13.5. The fourth-order valence-corrected chi connectivity index (χ4v) is 2.27. The smallest absolute Gasteiger partial charge is 0.253 e. The summed E-state index contributed by atoms with van der Waals surface area (Å²) in [6.45, 7) is 5.68. The van der Waals surface area contributed by atoms with Crippen LogP contribution in [0, 0.1) is 18.2 Å². The summed E-state index contributed by atoms with van der Waals surface area (Å²) in [5.74, 6) is -0.437. The third kappa shape index (κ3) is 2.38. The highest BCUT2D eigenvalue weighted by Crippen LogP contribution is 2.29. The Morgan fingerprint density at radius 2 is 2.28 bits per heavy atom. The van der Waals surface area contributed by atoms with E-state index in [2.05, 4.69) is 6.92 Å². The normalized spacial score (nSPS) is 23.4. The fraction of sp³-hybridized carbons (Fsp3) is 0.500. The Kier molecular flexibility index (Phi) is 3.39. The third-order valence-corrected chi connectivity index (χ3v) is 3.76. The van der Waals surface area contributed by atoms with Crippen LogP contribution >= 0.6 is 0 Å². The number of nitrogens with two attached hydrogens (primary N) is 1. The topological polar surface area (TPSA) is 46.3 Å². The summed E-state index contributed by atoms with van der Waals surface area (Å²) in [4.78, 5) is 14.0. The lowest BCUT2D eigenvalue weighted by Crippen LogP contribution is -2.34. The lowest BCUT2D eigenvalue weighted by Gasteiger charge is -2.22. The Hall–Kier alpha value is -1.42. The van der Waals surface area contributed by atoms with E-state index in [4.69, 9.17) is 5.73 Å². The van der Waals surface area contributed by atoms with Crippen LogP contribution in [0.5, 0.6) is 0 Å². The number of hydrogen-bond acceptors (Lipinski definition) is 2. The Bertz CT molecular complexity index is 475. The molecular formula is C14H19FN2O. The van der Waals surface area contributed by atoms with E-state index in [1.54, 1.807) is 24.0 Å². The highest BCUT2D eigenvalue weighted by Gasteiger charge is 2.35. The monoisotopic (exact) mass is 250 g/mol. The molecule has 1 aliphatic rings. The van der Waals surface area contributed by atoms with Gasteiger partial charge >= 0.3 is 0 Å². The summed E-state index contributed by atoms with van der Waals surface area (Å²) in [6, 6.07) is 4.63. The minimum Gasteiger partial charge on any atom is -0.338 e. The van der Waals surface area contributed by atoms with Gasteiger partial charge in [-0.15, -0.1) is 0 Å². The molecule has 0 aromatic heterocycles.